The number of urea groups is 1. The van der Waals surface area contributed by atoms with Crippen LogP contribution in [-0.4, -0.2) is 68.0 Å². The summed E-state index contributed by atoms with van der Waals surface area (Å²) in [7, 11) is 1.61. The third-order valence-electron chi connectivity index (χ3n) is 6.72. The number of benzene rings is 2. The summed E-state index contributed by atoms with van der Waals surface area (Å²) < 4.78 is 23.8. The Morgan fingerprint density at radius 3 is 2.51 bits per heavy atom. The molecule has 9 nitrogen and oxygen atoms in total. The number of hydrogen-bond acceptors (Lipinski definition) is 7. The molecular weight excluding hydrogens is 544 g/mol. The SMILES string of the molecule is COc1cc2c(Oc3ccc(NC(=O)NCCC(C)(C)C)cc3Cl)ccnc2cc1OCCN1CC(C)OC(C)C1. The lowest BCUT2D eigenvalue weighted by Crippen LogP contribution is -2.46. The van der Waals surface area contributed by atoms with E-state index >= 15 is 0 Å². The number of nitrogens with one attached hydrogen (secondary N) is 2. The zero-order valence-corrected chi connectivity index (χ0v) is 25.5. The fraction of sp³-hybridized carbons (Fsp3) is 0.484. The minimum Gasteiger partial charge on any atom is -0.493 e. The smallest absolute Gasteiger partial charge is 0.319 e. The third-order valence-corrected chi connectivity index (χ3v) is 7.01. The number of carbonyl (C=O) groups excluding carboxylic acids is 1. The molecule has 0 bridgehead atoms. The van der Waals surface area contributed by atoms with Crippen LogP contribution in [0.1, 0.15) is 41.0 Å². The molecule has 4 rings (SSSR count). The Morgan fingerprint density at radius 1 is 1.07 bits per heavy atom. The molecule has 2 atom stereocenters. The Hall–Kier alpha value is -3.27. The predicted molar refractivity (Wildman–Crippen MR) is 163 cm³/mol. The second kappa shape index (κ2) is 13.6. The second-order valence-electron chi connectivity index (χ2n) is 11.6. The molecular formula is C31H41ClN4O5. The standard InChI is InChI=1S/C31H41ClN4O5/c1-20-18-36(19-21(2)40-20)13-14-39-29-17-25-23(16-28(29)38-6)26(9-11-33-25)41-27-8-7-22(15-24(27)32)35-30(37)34-12-10-31(3,4)5/h7-9,11,15-17,20-21H,10,12-14,18-19H2,1-6H3,(H2,34,35,37). The van der Waals surface area contributed by atoms with Crippen LogP contribution in [-0.2, 0) is 4.74 Å². The lowest BCUT2D eigenvalue weighted by molar-refractivity contribution is -0.0699. The number of carbonyl (C=O) groups is 1. The van der Waals surface area contributed by atoms with E-state index in [1.54, 1.807) is 37.6 Å². The lowest BCUT2D eigenvalue weighted by atomic mass is 9.92. The summed E-state index contributed by atoms with van der Waals surface area (Å²) in [4.78, 5) is 19.1. The maximum atomic E-state index is 12.3. The molecule has 222 valence electrons. The normalized spacial score (nSPS) is 17.7. The molecule has 1 aliphatic heterocycles. The number of amides is 2. The first kappa shape index (κ1) is 30.7. The Labute approximate surface area is 247 Å². The number of halogens is 1. The summed E-state index contributed by atoms with van der Waals surface area (Å²) in [5, 5.41) is 6.80. The van der Waals surface area contributed by atoms with Crippen molar-refractivity contribution in [2.24, 2.45) is 5.41 Å². The maximum absolute atomic E-state index is 12.3. The molecule has 0 aliphatic carbocycles. The van der Waals surface area contributed by atoms with Crippen LogP contribution in [0.15, 0.2) is 42.6 Å². The van der Waals surface area contributed by atoms with E-state index in [4.69, 9.17) is 30.5 Å². The summed E-state index contributed by atoms with van der Waals surface area (Å²) in [6, 6.07) is 10.3. The first-order valence-corrected chi connectivity index (χ1v) is 14.4. The highest BCUT2D eigenvalue weighted by Gasteiger charge is 2.22. The Kier molecular flexibility index (Phi) is 10.2. The van der Waals surface area contributed by atoms with Crippen molar-refractivity contribution in [2.75, 3.05) is 45.2 Å². The zero-order valence-electron chi connectivity index (χ0n) is 24.8. The van der Waals surface area contributed by atoms with Gasteiger partial charge in [0.1, 0.15) is 18.1 Å². The number of anilines is 1. The summed E-state index contributed by atoms with van der Waals surface area (Å²) in [6.07, 6.45) is 2.97. The minimum atomic E-state index is -0.279. The quantitative estimate of drug-likeness (QED) is 0.273. The number of pyridine rings is 1. The molecule has 2 aromatic carbocycles. The van der Waals surface area contributed by atoms with Crippen LogP contribution in [0.2, 0.25) is 5.02 Å². The molecule has 1 saturated heterocycles. The number of nitrogens with zero attached hydrogens (tertiary/aromatic N) is 2. The molecule has 41 heavy (non-hydrogen) atoms. The predicted octanol–water partition coefficient (Wildman–Crippen LogP) is 6.73. The molecule has 1 fully saturated rings. The van der Waals surface area contributed by atoms with Crippen LogP contribution in [0.4, 0.5) is 10.5 Å². The average Bonchev–Trinajstić information content (AvgIpc) is 2.88. The number of ether oxygens (including phenoxy) is 4. The topological polar surface area (TPSA) is 94.2 Å². The minimum absolute atomic E-state index is 0.145. The monoisotopic (exact) mass is 584 g/mol. The van der Waals surface area contributed by atoms with Crippen molar-refractivity contribution < 1.29 is 23.7 Å². The van der Waals surface area contributed by atoms with Crippen LogP contribution in [0.25, 0.3) is 10.9 Å². The van der Waals surface area contributed by atoms with Gasteiger partial charge in [0.2, 0.25) is 0 Å². The number of rotatable bonds is 10. The van der Waals surface area contributed by atoms with Crippen LogP contribution >= 0.6 is 11.6 Å². The van der Waals surface area contributed by atoms with E-state index in [-0.39, 0.29) is 23.7 Å². The number of fused-ring (bicyclic) bond motifs is 1. The number of aromatic nitrogens is 1. The van der Waals surface area contributed by atoms with Gasteiger partial charge >= 0.3 is 6.03 Å². The van der Waals surface area contributed by atoms with Gasteiger partial charge in [0.15, 0.2) is 11.5 Å². The van der Waals surface area contributed by atoms with Gasteiger partial charge in [0.25, 0.3) is 0 Å². The van der Waals surface area contributed by atoms with Gasteiger partial charge in [-0.3, -0.25) is 9.88 Å². The first-order valence-electron chi connectivity index (χ1n) is 14.0. The molecule has 1 aromatic heterocycles. The Balaban J connectivity index is 1.42. The Morgan fingerprint density at radius 2 is 1.83 bits per heavy atom. The van der Waals surface area contributed by atoms with Crippen LogP contribution < -0.4 is 24.8 Å². The number of hydrogen-bond donors (Lipinski definition) is 2. The first-order chi connectivity index (χ1) is 19.5. The summed E-state index contributed by atoms with van der Waals surface area (Å²) in [6.45, 7) is 14.2. The lowest BCUT2D eigenvalue weighted by Gasteiger charge is -2.35. The van der Waals surface area contributed by atoms with Crippen molar-refractivity contribution in [3.05, 3.63) is 47.6 Å². The van der Waals surface area contributed by atoms with Crippen molar-refractivity contribution in [1.29, 1.82) is 0 Å². The molecule has 10 heteroatoms. The van der Waals surface area contributed by atoms with Crippen molar-refractivity contribution in [2.45, 2.75) is 53.2 Å². The molecule has 3 aromatic rings. The van der Waals surface area contributed by atoms with Gasteiger partial charge in [-0.25, -0.2) is 4.79 Å². The number of morpholine rings is 1. The van der Waals surface area contributed by atoms with E-state index in [0.717, 1.165) is 31.4 Å². The second-order valence-corrected chi connectivity index (χ2v) is 12.0. The Bertz CT molecular complexity index is 1340. The fourth-order valence-electron chi connectivity index (χ4n) is 4.75. The number of methoxy groups -OCH3 is 1. The summed E-state index contributed by atoms with van der Waals surface area (Å²) in [5.74, 6) is 2.22. The molecule has 1 aliphatic rings. The van der Waals surface area contributed by atoms with Crippen molar-refractivity contribution in [3.63, 3.8) is 0 Å². The van der Waals surface area contributed by atoms with Crippen LogP contribution in [0.3, 0.4) is 0 Å². The van der Waals surface area contributed by atoms with Crippen LogP contribution in [0, 0.1) is 5.41 Å². The van der Waals surface area contributed by atoms with Gasteiger partial charge in [0.05, 0.1) is 29.9 Å². The molecule has 2 unspecified atom stereocenters. The van der Waals surface area contributed by atoms with Gasteiger partial charge < -0.3 is 29.6 Å². The summed E-state index contributed by atoms with van der Waals surface area (Å²) >= 11 is 6.53. The average molecular weight is 585 g/mol. The van der Waals surface area contributed by atoms with Gasteiger partial charge in [-0.15, -0.1) is 0 Å². The molecule has 0 spiro atoms. The van der Waals surface area contributed by atoms with Gasteiger partial charge in [-0.2, -0.15) is 0 Å². The van der Waals surface area contributed by atoms with Gasteiger partial charge in [-0.1, -0.05) is 32.4 Å². The van der Waals surface area contributed by atoms with E-state index in [0.29, 0.717) is 52.4 Å². The van der Waals surface area contributed by atoms with E-state index in [2.05, 4.69) is 55.1 Å². The van der Waals surface area contributed by atoms with E-state index in [1.165, 1.54) is 0 Å². The van der Waals surface area contributed by atoms with E-state index in [9.17, 15) is 4.79 Å². The summed E-state index contributed by atoms with van der Waals surface area (Å²) in [5.41, 5.74) is 1.42. The largest absolute Gasteiger partial charge is 0.493 e. The van der Waals surface area contributed by atoms with Gasteiger partial charge in [-0.05, 0) is 56.0 Å². The van der Waals surface area contributed by atoms with Gasteiger partial charge in [0, 0.05) is 49.5 Å². The van der Waals surface area contributed by atoms with Crippen molar-refractivity contribution in [1.82, 2.24) is 15.2 Å². The molecule has 0 radical (unpaired) electrons. The molecule has 2 amide bonds. The van der Waals surface area contributed by atoms with E-state index in [1.807, 2.05) is 12.1 Å². The molecule has 2 N–H and O–H groups in total. The highest BCUT2D eigenvalue weighted by molar-refractivity contribution is 6.32. The molecule has 2 heterocycles. The van der Waals surface area contributed by atoms with Crippen molar-refractivity contribution in [3.8, 4) is 23.0 Å². The third kappa shape index (κ3) is 8.86. The maximum Gasteiger partial charge on any atom is 0.319 e. The fourth-order valence-corrected chi connectivity index (χ4v) is 4.97. The van der Waals surface area contributed by atoms with E-state index < -0.39 is 0 Å². The van der Waals surface area contributed by atoms with Crippen LogP contribution in [0.5, 0.6) is 23.0 Å². The highest BCUT2D eigenvalue weighted by Crippen LogP contribution is 2.39. The zero-order chi connectivity index (χ0) is 29.6. The highest BCUT2D eigenvalue weighted by atomic mass is 35.5. The molecule has 0 saturated carbocycles. The van der Waals surface area contributed by atoms with Crippen molar-refractivity contribution >= 4 is 34.2 Å².